The molecule has 0 saturated heterocycles. The van der Waals surface area contributed by atoms with Gasteiger partial charge in [-0.25, -0.2) is 4.79 Å². The van der Waals surface area contributed by atoms with Crippen LogP contribution in [0, 0.1) is 0 Å². The van der Waals surface area contributed by atoms with Crippen LogP contribution in [0.2, 0.25) is 0 Å². The van der Waals surface area contributed by atoms with Crippen molar-refractivity contribution in [3.05, 3.63) is 58.7 Å². The molecule has 0 radical (unpaired) electrons. The van der Waals surface area contributed by atoms with Gasteiger partial charge in [0.15, 0.2) is 6.61 Å². The van der Waals surface area contributed by atoms with Crippen LogP contribution in [0.4, 0.5) is 13.2 Å². The Morgan fingerprint density at radius 3 is 2.09 bits per heavy atom. The zero-order chi connectivity index (χ0) is 25.6. The number of ether oxygens (including phenoxy) is 1. The van der Waals surface area contributed by atoms with E-state index in [0.29, 0.717) is 11.1 Å². The first-order valence-electron chi connectivity index (χ1n) is 11.2. The fraction of sp³-hybridized carbons (Fsp3) is 0.519. The molecule has 0 aliphatic rings. The second-order valence-electron chi connectivity index (χ2n) is 9.71. The Bertz CT molecular complexity index is 933. The third-order valence-corrected chi connectivity index (χ3v) is 6.23. The number of carbonyl (C=O) groups is 1. The third-order valence-electron chi connectivity index (χ3n) is 6.23. The van der Waals surface area contributed by atoms with Crippen molar-refractivity contribution in [2.24, 2.45) is 0 Å². The van der Waals surface area contributed by atoms with E-state index < -0.39 is 24.2 Å². The van der Waals surface area contributed by atoms with E-state index in [1.807, 2.05) is 39.8 Å². The maximum absolute atomic E-state index is 13.1. The zero-order valence-corrected chi connectivity index (χ0v) is 21.0. The van der Waals surface area contributed by atoms with Crippen molar-refractivity contribution < 1.29 is 27.8 Å². The number of carboxylic acids is 1. The fourth-order valence-corrected chi connectivity index (χ4v) is 3.20. The van der Waals surface area contributed by atoms with E-state index in [9.17, 15) is 18.0 Å². The molecule has 0 saturated carbocycles. The number of rotatable bonds is 10. The van der Waals surface area contributed by atoms with E-state index >= 15 is 0 Å². The molecule has 184 valence electrons. The Labute approximate surface area is 196 Å². The summed E-state index contributed by atoms with van der Waals surface area (Å²) in [6.45, 7) is 14.5. The normalized spacial score (nSPS) is 14.2. The molecule has 0 spiro atoms. The molecule has 0 amide bonds. The number of benzene rings is 1. The topological polar surface area (TPSA) is 46.5 Å². The minimum absolute atomic E-state index is 0.174. The van der Waals surface area contributed by atoms with Gasteiger partial charge in [0.1, 0.15) is 5.75 Å². The summed E-state index contributed by atoms with van der Waals surface area (Å²) in [6, 6.07) is 3.91. The second kappa shape index (κ2) is 11.1. The van der Waals surface area contributed by atoms with Gasteiger partial charge in [-0.15, -0.1) is 0 Å². The van der Waals surface area contributed by atoms with Crippen molar-refractivity contribution in [3.63, 3.8) is 0 Å². The van der Waals surface area contributed by atoms with E-state index in [1.165, 1.54) is 0 Å². The Morgan fingerprint density at radius 2 is 1.61 bits per heavy atom. The average molecular weight is 467 g/mol. The summed E-state index contributed by atoms with van der Waals surface area (Å²) in [7, 11) is 0. The van der Waals surface area contributed by atoms with Crippen LogP contribution in [0.1, 0.15) is 84.9 Å². The molecular formula is C27H37F3O3. The molecule has 0 aliphatic heterocycles. The molecule has 3 nitrogen and oxygen atoms in total. The molecule has 0 aromatic heterocycles. The van der Waals surface area contributed by atoms with Crippen molar-refractivity contribution >= 4 is 11.5 Å². The standard InChI is InChI=1S/C27H37F3O3/c1-9-25(5,6)20-15-21(19(4)13-11-12-18(3)14-23(31)32)24(33-17-27(28,29)30)22(16-20)26(7,8)10-2/h11-16H,9-10,17H2,1-8H3,(H,31,32). The predicted octanol–water partition coefficient (Wildman–Crippen LogP) is 7.99. The van der Waals surface area contributed by atoms with E-state index in [2.05, 4.69) is 20.8 Å². The van der Waals surface area contributed by atoms with Crippen LogP contribution >= 0.6 is 0 Å². The lowest BCUT2D eigenvalue weighted by atomic mass is 9.74. The molecule has 1 aromatic carbocycles. The van der Waals surface area contributed by atoms with Crippen LogP contribution in [-0.2, 0) is 15.6 Å². The van der Waals surface area contributed by atoms with Gasteiger partial charge in [-0.05, 0) is 60.3 Å². The van der Waals surface area contributed by atoms with Crippen LogP contribution in [0.15, 0.2) is 42.0 Å². The number of aliphatic carboxylic acids is 1. The maximum Gasteiger partial charge on any atom is 0.422 e. The van der Waals surface area contributed by atoms with Crippen LogP contribution in [0.3, 0.4) is 0 Å². The monoisotopic (exact) mass is 466 g/mol. The first-order valence-corrected chi connectivity index (χ1v) is 11.2. The quantitative estimate of drug-likeness (QED) is 0.281. The molecule has 1 N–H and O–H groups in total. The SMILES string of the molecule is CCC(C)(C)c1cc(C(C)=CC=CC(C)=CC(=O)O)c(OCC(F)(F)F)c(C(C)(C)CC)c1. The zero-order valence-electron chi connectivity index (χ0n) is 21.0. The molecule has 0 heterocycles. The van der Waals surface area contributed by atoms with Gasteiger partial charge in [0.2, 0.25) is 0 Å². The highest BCUT2D eigenvalue weighted by molar-refractivity contribution is 5.81. The largest absolute Gasteiger partial charge is 0.483 e. The molecule has 0 fully saturated rings. The Hall–Kier alpha value is -2.50. The summed E-state index contributed by atoms with van der Waals surface area (Å²) < 4.78 is 44.7. The van der Waals surface area contributed by atoms with E-state index in [-0.39, 0.29) is 11.2 Å². The predicted molar refractivity (Wildman–Crippen MR) is 129 cm³/mol. The van der Waals surface area contributed by atoms with Gasteiger partial charge in [0.05, 0.1) is 0 Å². The summed E-state index contributed by atoms with van der Waals surface area (Å²) in [6.07, 6.45) is 3.33. The highest BCUT2D eigenvalue weighted by atomic mass is 19.4. The lowest BCUT2D eigenvalue weighted by Crippen LogP contribution is -2.25. The average Bonchev–Trinajstić information content (AvgIpc) is 2.70. The highest BCUT2D eigenvalue weighted by Gasteiger charge is 2.33. The number of hydrogen-bond acceptors (Lipinski definition) is 2. The van der Waals surface area contributed by atoms with Gasteiger partial charge in [-0.3, -0.25) is 0 Å². The molecule has 0 aliphatic carbocycles. The van der Waals surface area contributed by atoms with Gasteiger partial charge < -0.3 is 9.84 Å². The number of alkyl halides is 3. The minimum Gasteiger partial charge on any atom is -0.483 e. The summed E-state index contributed by atoms with van der Waals surface area (Å²) in [5.74, 6) is -0.795. The minimum atomic E-state index is -4.46. The second-order valence-corrected chi connectivity index (χ2v) is 9.71. The van der Waals surface area contributed by atoms with Gasteiger partial charge >= 0.3 is 12.1 Å². The van der Waals surface area contributed by atoms with Crippen LogP contribution in [-0.4, -0.2) is 23.9 Å². The van der Waals surface area contributed by atoms with Gasteiger partial charge in [0, 0.05) is 17.2 Å². The van der Waals surface area contributed by atoms with Crippen LogP contribution in [0.5, 0.6) is 5.75 Å². The molecule has 6 heteroatoms. The van der Waals surface area contributed by atoms with Crippen molar-refractivity contribution in [2.45, 2.75) is 85.2 Å². The first kappa shape index (κ1) is 28.5. The van der Waals surface area contributed by atoms with E-state index in [4.69, 9.17) is 9.84 Å². The van der Waals surface area contributed by atoms with Crippen molar-refractivity contribution in [1.29, 1.82) is 0 Å². The van der Waals surface area contributed by atoms with E-state index in [0.717, 1.165) is 35.6 Å². The number of allylic oxidation sites excluding steroid dienone is 5. The lowest BCUT2D eigenvalue weighted by Gasteiger charge is -2.32. The molecule has 1 aromatic rings. The molecule has 0 bridgehead atoms. The molecule has 0 unspecified atom stereocenters. The smallest absolute Gasteiger partial charge is 0.422 e. The Morgan fingerprint density at radius 1 is 1.03 bits per heavy atom. The highest BCUT2D eigenvalue weighted by Crippen LogP contribution is 2.43. The van der Waals surface area contributed by atoms with Gasteiger partial charge in [-0.1, -0.05) is 65.8 Å². The molecular weight excluding hydrogens is 429 g/mol. The first-order chi connectivity index (χ1) is 15.0. The Kier molecular flexibility index (Phi) is 9.58. The van der Waals surface area contributed by atoms with Crippen LogP contribution < -0.4 is 4.74 Å². The Balaban J connectivity index is 3.79. The van der Waals surface area contributed by atoms with Crippen molar-refractivity contribution in [2.75, 3.05) is 6.61 Å². The number of halogens is 3. The fourth-order valence-electron chi connectivity index (χ4n) is 3.20. The summed E-state index contributed by atoms with van der Waals surface area (Å²) in [4.78, 5) is 10.8. The van der Waals surface area contributed by atoms with Crippen molar-refractivity contribution in [1.82, 2.24) is 0 Å². The maximum atomic E-state index is 13.1. The molecule has 1 rings (SSSR count). The number of carboxylic acid groups (broad SMARTS) is 1. The molecule has 0 atom stereocenters. The number of hydrogen-bond donors (Lipinski definition) is 1. The van der Waals surface area contributed by atoms with Gasteiger partial charge in [-0.2, -0.15) is 13.2 Å². The van der Waals surface area contributed by atoms with Gasteiger partial charge in [0.25, 0.3) is 0 Å². The van der Waals surface area contributed by atoms with Crippen LogP contribution in [0.25, 0.3) is 5.57 Å². The summed E-state index contributed by atoms with van der Waals surface area (Å²) >= 11 is 0. The third kappa shape index (κ3) is 8.41. The van der Waals surface area contributed by atoms with E-state index in [1.54, 1.807) is 25.2 Å². The lowest BCUT2D eigenvalue weighted by molar-refractivity contribution is -0.153. The summed E-state index contributed by atoms with van der Waals surface area (Å²) in [5, 5.41) is 8.86. The van der Waals surface area contributed by atoms with Crippen molar-refractivity contribution in [3.8, 4) is 5.75 Å². The molecule has 33 heavy (non-hydrogen) atoms. The summed E-state index contributed by atoms with van der Waals surface area (Å²) in [5.41, 5.74) is 3.11.